The predicted octanol–water partition coefficient (Wildman–Crippen LogP) is 3.97. The van der Waals surface area contributed by atoms with Crippen LogP contribution in [0.1, 0.15) is 33.6 Å². The Morgan fingerprint density at radius 2 is 2.10 bits per heavy atom. The third kappa shape index (κ3) is 3.71. The number of halogens is 1. The van der Waals surface area contributed by atoms with E-state index in [1.165, 1.54) is 6.42 Å². The third-order valence-electron chi connectivity index (χ3n) is 4.13. The van der Waals surface area contributed by atoms with Crippen LogP contribution >= 0.6 is 15.9 Å². The molecule has 1 aliphatic carbocycles. The summed E-state index contributed by atoms with van der Waals surface area (Å²) in [5, 5.41) is 3.76. The maximum atomic E-state index is 13.0. The summed E-state index contributed by atoms with van der Waals surface area (Å²) in [5.74, 6) is 1.20. The van der Waals surface area contributed by atoms with E-state index < -0.39 is 10.8 Å². The van der Waals surface area contributed by atoms with Crippen LogP contribution in [0.15, 0.2) is 33.6 Å². The van der Waals surface area contributed by atoms with Gasteiger partial charge in [-0.25, -0.2) is 0 Å². The zero-order valence-electron chi connectivity index (χ0n) is 12.4. The Kier molecular flexibility index (Phi) is 5.82. The Balaban J connectivity index is 2.24. The highest BCUT2D eigenvalue weighted by Gasteiger charge is 2.37. The summed E-state index contributed by atoms with van der Waals surface area (Å²) < 4.78 is 14.0. The number of hydrogen-bond donors (Lipinski definition) is 1. The van der Waals surface area contributed by atoms with Crippen LogP contribution in [0.3, 0.4) is 0 Å². The maximum Gasteiger partial charge on any atom is 0.0579 e. The molecule has 0 radical (unpaired) electrons. The first-order chi connectivity index (χ1) is 9.52. The SMILES string of the molecule is CCNC1CC(C)CC(C)C1S(=O)c1cccc(Br)c1. The highest BCUT2D eigenvalue weighted by Crippen LogP contribution is 2.34. The van der Waals surface area contributed by atoms with E-state index in [9.17, 15) is 4.21 Å². The van der Waals surface area contributed by atoms with Crippen LogP contribution in [0.4, 0.5) is 0 Å². The van der Waals surface area contributed by atoms with Gasteiger partial charge in [-0.3, -0.25) is 4.21 Å². The molecule has 0 saturated heterocycles. The van der Waals surface area contributed by atoms with Crippen molar-refractivity contribution in [2.24, 2.45) is 11.8 Å². The van der Waals surface area contributed by atoms with E-state index in [1.807, 2.05) is 24.3 Å². The Bertz CT molecular complexity index is 479. The molecule has 0 bridgehead atoms. The first-order valence-corrected chi connectivity index (χ1v) is 9.43. The summed E-state index contributed by atoms with van der Waals surface area (Å²) in [4.78, 5) is 0.939. The molecule has 5 unspecified atom stereocenters. The van der Waals surface area contributed by atoms with Crippen molar-refractivity contribution in [1.82, 2.24) is 5.32 Å². The summed E-state index contributed by atoms with van der Waals surface area (Å²) >= 11 is 3.47. The molecule has 1 fully saturated rings. The largest absolute Gasteiger partial charge is 0.313 e. The van der Waals surface area contributed by atoms with Gasteiger partial charge in [0.2, 0.25) is 0 Å². The molecule has 20 heavy (non-hydrogen) atoms. The van der Waals surface area contributed by atoms with Gasteiger partial charge in [-0.15, -0.1) is 0 Å². The number of hydrogen-bond acceptors (Lipinski definition) is 2. The second-order valence-corrected chi connectivity index (χ2v) is 8.46. The van der Waals surface area contributed by atoms with Crippen molar-refractivity contribution in [3.05, 3.63) is 28.7 Å². The monoisotopic (exact) mass is 357 g/mol. The molecule has 1 aliphatic rings. The lowest BCUT2D eigenvalue weighted by molar-refractivity contribution is 0.248. The molecule has 2 rings (SSSR count). The molecule has 112 valence electrons. The highest BCUT2D eigenvalue weighted by atomic mass is 79.9. The van der Waals surface area contributed by atoms with Gasteiger partial charge in [0.25, 0.3) is 0 Å². The molecule has 0 heterocycles. The quantitative estimate of drug-likeness (QED) is 0.883. The summed E-state index contributed by atoms with van der Waals surface area (Å²) in [7, 11) is -0.949. The first kappa shape index (κ1) is 16.2. The van der Waals surface area contributed by atoms with Crippen LogP contribution in [0.5, 0.6) is 0 Å². The molecule has 0 amide bonds. The second-order valence-electron chi connectivity index (χ2n) is 5.94. The molecule has 1 N–H and O–H groups in total. The summed E-state index contributed by atoms with van der Waals surface area (Å²) in [6, 6.07) is 8.28. The van der Waals surface area contributed by atoms with Crippen LogP contribution < -0.4 is 5.32 Å². The Hall–Kier alpha value is -0.190. The average Bonchev–Trinajstić information content (AvgIpc) is 2.38. The van der Waals surface area contributed by atoms with Gasteiger partial charge in [0.05, 0.1) is 16.0 Å². The molecule has 1 aromatic carbocycles. The van der Waals surface area contributed by atoms with Gasteiger partial charge in [-0.05, 0) is 49.4 Å². The fourth-order valence-corrected chi connectivity index (χ4v) is 5.76. The zero-order valence-corrected chi connectivity index (χ0v) is 14.8. The number of rotatable bonds is 4. The van der Waals surface area contributed by atoms with E-state index in [1.54, 1.807) is 0 Å². The summed E-state index contributed by atoms with van der Waals surface area (Å²) in [6.45, 7) is 7.62. The highest BCUT2D eigenvalue weighted by molar-refractivity contribution is 9.10. The van der Waals surface area contributed by atoms with Gasteiger partial charge in [0, 0.05) is 15.4 Å². The molecular formula is C16H24BrNOS. The minimum absolute atomic E-state index is 0.209. The van der Waals surface area contributed by atoms with Gasteiger partial charge in [-0.2, -0.15) is 0 Å². The van der Waals surface area contributed by atoms with Crippen LogP contribution in [-0.2, 0) is 10.8 Å². The molecule has 2 nitrogen and oxygen atoms in total. The van der Waals surface area contributed by atoms with Crippen LogP contribution in [0.2, 0.25) is 0 Å². The standard InChI is InChI=1S/C16H24BrNOS/c1-4-18-15-9-11(2)8-12(3)16(15)20(19)14-7-5-6-13(17)10-14/h5-7,10-12,15-16,18H,4,8-9H2,1-3H3. The minimum atomic E-state index is -0.949. The molecule has 0 spiro atoms. The number of benzene rings is 1. The molecule has 0 aliphatic heterocycles. The van der Waals surface area contributed by atoms with Gasteiger partial charge >= 0.3 is 0 Å². The van der Waals surface area contributed by atoms with Crippen LogP contribution in [0.25, 0.3) is 0 Å². The van der Waals surface area contributed by atoms with Crippen molar-refractivity contribution in [3.63, 3.8) is 0 Å². The lowest BCUT2D eigenvalue weighted by Gasteiger charge is -2.39. The van der Waals surface area contributed by atoms with Crippen molar-refractivity contribution in [2.75, 3.05) is 6.54 Å². The van der Waals surface area contributed by atoms with Crippen molar-refractivity contribution in [1.29, 1.82) is 0 Å². The fraction of sp³-hybridized carbons (Fsp3) is 0.625. The summed E-state index contributed by atoms with van der Waals surface area (Å²) in [6.07, 6.45) is 2.30. The lowest BCUT2D eigenvalue weighted by atomic mass is 9.80. The fourth-order valence-electron chi connectivity index (χ4n) is 3.40. The van der Waals surface area contributed by atoms with Gasteiger partial charge < -0.3 is 5.32 Å². The Labute approximate surface area is 133 Å². The zero-order chi connectivity index (χ0) is 14.7. The maximum absolute atomic E-state index is 13.0. The topological polar surface area (TPSA) is 29.1 Å². The lowest BCUT2D eigenvalue weighted by Crippen LogP contribution is -2.50. The minimum Gasteiger partial charge on any atom is -0.313 e. The van der Waals surface area contributed by atoms with E-state index in [0.717, 1.165) is 22.3 Å². The van der Waals surface area contributed by atoms with Crippen molar-refractivity contribution in [3.8, 4) is 0 Å². The molecule has 1 aromatic rings. The Morgan fingerprint density at radius 3 is 2.75 bits per heavy atom. The molecular weight excluding hydrogens is 334 g/mol. The van der Waals surface area contributed by atoms with E-state index in [4.69, 9.17) is 0 Å². The van der Waals surface area contributed by atoms with Gasteiger partial charge in [0.15, 0.2) is 0 Å². The smallest absolute Gasteiger partial charge is 0.0579 e. The van der Waals surface area contributed by atoms with E-state index >= 15 is 0 Å². The van der Waals surface area contributed by atoms with E-state index in [0.29, 0.717) is 17.9 Å². The normalized spacial score (nSPS) is 32.0. The van der Waals surface area contributed by atoms with E-state index in [2.05, 4.69) is 42.0 Å². The second kappa shape index (κ2) is 7.19. The molecule has 5 atom stereocenters. The number of nitrogens with one attached hydrogen (secondary N) is 1. The third-order valence-corrected chi connectivity index (χ3v) is 6.63. The molecule has 0 aromatic heterocycles. The first-order valence-electron chi connectivity index (χ1n) is 7.42. The van der Waals surface area contributed by atoms with Crippen molar-refractivity contribution >= 4 is 26.7 Å². The van der Waals surface area contributed by atoms with Crippen molar-refractivity contribution in [2.45, 2.75) is 49.8 Å². The molecule has 1 saturated carbocycles. The van der Waals surface area contributed by atoms with E-state index in [-0.39, 0.29) is 5.25 Å². The van der Waals surface area contributed by atoms with Gasteiger partial charge in [0.1, 0.15) is 0 Å². The molecule has 4 heteroatoms. The van der Waals surface area contributed by atoms with Crippen LogP contribution in [0, 0.1) is 11.8 Å². The van der Waals surface area contributed by atoms with Crippen molar-refractivity contribution < 1.29 is 4.21 Å². The Morgan fingerprint density at radius 1 is 1.35 bits per heavy atom. The van der Waals surface area contributed by atoms with Crippen LogP contribution in [-0.4, -0.2) is 22.0 Å². The summed E-state index contributed by atoms with van der Waals surface area (Å²) in [5.41, 5.74) is 0. The predicted molar refractivity (Wildman–Crippen MR) is 89.4 cm³/mol. The average molecular weight is 358 g/mol. The van der Waals surface area contributed by atoms with Gasteiger partial charge in [-0.1, -0.05) is 42.8 Å².